The highest BCUT2D eigenvalue weighted by atomic mass is 16.5. The maximum Gasteiger partial charge on any atom is 0.216 e. The Hall–Kier alpha value is -1.35. The summed E-state index contributed by atoms with van der Waals surface area (Å²) in [5, 5.41) is 9.97. The molecule has 0 bridgehead atoms. The lowest BCUT2D eigenvalue weighted by molar-refractivity contribution is 0.151. The van der Waals surface area contributed by atoms with E-state index >= 15 is 0 Å². The molecule has 2 aliphatic rings. The van der Waals surface area contributed by atoms with Crippen molar-refractivity contribution in [3.63, 3.8) is 0 Å². The van der Waals surface area contributed by atoms with Crippen molar-refractivity contribution >= 4 is 5.90 Å². The molecule has 0 radical (unpaired) electrons. The first-order chi connectivity index (χ1) is 7.77. The summed E-state index contributed by atoms with van der Waals surface area (Å²) >= 11 is 0. The van der Waals surface area contributed by atoms with E-state index in [1.807, 2.05) is 18.2 Å². The van der Waals surface area contributed by atoms with Gasteiger partial charge in [0, 0.05) is 12.0 Å². The van der Waals surface area contributed by atoms with Gasteiger partial charge in [0.25, 0.3) is 0 Å². The van der Waals surface area contributed by atoms with Gasteiger partial charge in [-0.05, 0) is 24.5 Å². The monoisotopic (exact) mass is 217 g/mol. The molecule has 1 N–H and O–H groups in total. The van der Waals surface area contributed by atoms with Crippen molar-refractivity contribution in [3.05, 3.63) is 35.4 Å². The van der Waals surface area contributed by atoms with Crippen LogP contribution < -0.4 is 0 Å². The first-order valence-corrected chi connectivity index (χ1v) is 5.75. The lowest BCUT2D eigenvalue weighted by atomic mass is 10.0. The van der Waals surface area contributed by atoms with Gasteiger partial charge < -0.3 is 9.84 Å². The van der Waals surface area contributed by atoms with E-state index in [0.29, 0.717) is 13.0 Å². The van der Waals surface area contributed by atoms with E-state index < -0.39 is 5.60 Å². The van der Waals surface area contributed by atoms with E-state index in [0.717, 1.165) is 36.4 Å². The first-order valence-electron chi connectivity index (χ1n) is 5.75. The van der Waals surface area contributed by atoms with Crippen LogP contribution in [0.1, 0.15) is 24.0 Å². The van der Waals surface area contributed by atoms with Gasteiger partial charge in [-0.2, -0.15) is 0 Å². The van der Waals surface area contributed by atoms with Crippen LogP contribution in [0.2, 0.25) is 0 Å². The second-order valence-corrected chi connectivity index (χ2v) is 4.59. The molecule has 3 heteroatoms. The Balaban J connectivity index is 1.91. The number of rotatable bonds is 3. The number of hydrogen-bond acceptors (Lipinski definition) is 3. The van der Waals surface area contributed by atoms with Gasteiger partial charge in [0.1, 0.15) is 6.61 Å². The average Bonchev–Trinajstić information content (AvgIpc) is 2.83. The van der Waals surface area contributed by atoms with E-state index in [9.17, 15) is 5.11 Å². The third-order valence-electron chi connectivity index (χ3n) is 3.18. The second kappa shape index (κ2) is 3.59. The Kier molecular flexibility index (Phi) is 2.21. The summed E-state index contributed by atoms with van der Waals surface area (Å²) in [7, 11) is 0. The largest absolute Gasteiger partial charge is 0.476 e. The Morgan fingerprint density at radius 3 is 2.81 bits per heavy atom. The molecule has 0 saturated heterocycles. The number of benzene rings is 1. The molecule has 1 aliphatic carbocycles. The van der Waals surface area contributed by atoms with Gasteiger partial charge in [0.15, 0.2) is 0 Å². The van der Waals surface area contributed by atoms with Crippen molar-refractivity contribution in [2.24, 2.45) is 4.99 Å². The summed E-state index contributed by atoms with van der Waals surface area (Å²) in [4.78, 5) is 4.33. The Morgan fingerprint density at radius 2 is 2.12 bits per heavy atom. The quantitative estimate of drug-likeness (QED) is 0.834. The summed E-state index contributed by atoms with van der Waals surface area (Å²) < 4.78 is 5.48. The SMILES string of the molecule is OC1(Cc2ccccc2C2=NCCO2)CC1. The maximum atomic E-state index is 9.97. The molecule has 16 heavy (non-hydrogen) atoms. The molecule has 0 atom stereocenters. The highest BCUT2D eigenvalue weighted by Gasteiger charge is 2.40. The minimum Gasteiger partial charge on any atom is -0.476 e. The minimum absolute atomic E-state index is 0.463. The summed E-state index contributed by atoms with van der Waals surface area (Å²) in [6.07, 6.45) is 2.54. The van der Waals surface area contributed by atoms with Crippen LogP contribution in [0.5, 0.6) is 0 Å². The van der Waals surface area contributed by atoms with Gasteiger partial charge in [-0.25, -0.2) is 4.99 Å². The van der Waals surface area contributed by atoms with Crippen LogP contribution in [0.25, 0.3) is 0 Å². The van der Waals surface area contributed by atoms with E-state index in [1.165, 1.54) is 0 Å². The molecule has 0 amide bonds. The van der Waals surface area contributed by atoms with Crippen molar-refractivity contribution < 1.29 is 9.84 Å². The van der Waals surface area contributed by atoms with Crippen LogP contribution in [0.3, 0.4) is 0 Å². The van der Waals surface area contributed by atoms with Gasteiger partial charge >= 0.3 is 0 Å². The first kappa shape index (κ1) is 9.85. The van der Waals surface area contributed by atoms with Gasteiger partial charge in [-0.1, -0.05) is 18.2 Å². The zero-order valence-corrected chi connectivity index (χ0v) is 9.15. The third kappa shape index (κ3) is 1.83. The lowest BCUT2D eigenvalue weighted by Gasteiger charge is -2.12. The van der Waals surface area contributed by atoms with Gasteiger partial charge in [0.05, 0.1) is 12.1 Å². The van der Waals surface area contributed by atoms with Crippen LogP contribution in [-0.2, 0) is 11.2 Å². The molecule has 1 fully saturated rings. The molecule has 0 unspecified atom stereocenters. The standard InChI is InChI=1S/C13H15NO2/c15-13(5-6-13)9-10-3-1-2-4-11(10)12-14-7-8-16-12/h1-4,15H,5-9H2. The third-order valence-corrected chi connectivity index (χ3v) is 3.18. The van der Waals surface area contributed by atoms with Crippen molar-refractivity contribution in [1.82, 2.24) is 0 Å². The van der Waals surface area contributed by atoms with Crippen molar-refractivity contribution in [2.75, 3.05) is 13.2 Å². The summed E-state index contributed by atoms with van der Waals surface area (Å²) in [6, 6.07) is 8.06. The van der Waals surface area contributed by atoms with Crippen LogP contribution in [0.4, 0.5) is 0 Å². The second-order valence-electron chi connectivity index (χ2n) is 4.59. The zero-order valence-electron chi connectivity index (χ0n) is 9.15. The molecular weight excluding hydrogens is 202 g/mol. The molecule has 1 aromatic rings. The topological polar surface area (TPSA) is 41.8 Å². The molecule has 0 spiro atoms. The van der Waals surface area contributed by atoms with Gasteiger partial charge in [-0.3, -0.25) is 0 Å². The fraction of sp³-hybridized carbons (Fsp3) is 0.462. The molecule has 1 aliphatic heterocycles. The number of aliphatic hydroxyl groups is 1. The van der Waals surface area contributed by atoms with E-state index in [2.05, 4.69) is 11.1 Å². The van der Waals surface area contributed by atoms with Gasteiger partial charge in [0.2, 0.25) is 5.90 Å². The maximum absolute atomic E-state index is 9.97. The highest BCUT2D eigenvalue weighted by molar-refractivity contribution is 5.96. The van der Waals surface area contributed by atoms with Crippen LogP contribution in [0, 0.1) is 0 Å². The Labute approximate surface area is 94.8 Å². The molecule has 1 aromatic carbocycles. The molecule has 1 heterocycles. The van der Waals surface area contributed by atoms with E-state index in [1.54, 1.807) is 0 Å². The predicted molar refractivity (Wildman–Crippen MR) is 61.7 cm³/mol. The van der Waals surface area contributed by atoms with Crippen LogP contribution in [-0.4, -0.2) is 29.8 Å². The van der Waals surface area contributed by atoms with Crippen LogP contribution >= 0.6 is 0 Å². The fourth-order valence-electron chi connectivity index (χ4n) is 2.06. The summed E-state index contributed by atoms with van der Waals surface area (Å²) in [5.74, 6) is 0.736. The summed E-state index contributed by atoms with van der Waals surface area (Å²) in [6.45, 7) is 1.42. The minimum atomic E-state index is -0.463. The van der Waals surface area contributed by atoms with E-state index in [4.69, 9.17) is 4.74 Å². The molecule has 1 saturated carbocycles. The number of hydrogen-bond donors (Lipinski definition) is 1. The summed E-state index contributed by atoms with van der Waals surface area (Å²) in [5.41, 5.74) is 1.72. The van der Waals surface area contributed by atoms with Gasteiger partial charge in [-0.15, -0.1) is 0 Å². The smallest absolute Gasteiger partial charge is 0.216 e. The Morgan fingerprint density at radius 1 is 1.31 bits per heavy atom. The fourth-order valence-corrected chi connectivity index (χ4v) is 2.06. The van der Waals surface area contributed by atoms with Crippen molar-refractivity contribution in [1.29, 1.82) is 0 Å². The molecule has 84 valence electrons. The average molecular weight is 217 g/mol. The van der Waals surface area contributed by atoms with Crippen LogP contribution in [0.15, 0.2) is 29.3 Å². The van der Waals surface area contributed by atoms with Crippen molar-refractivity contribution in [3.8, 4) is 0 Å². The zero-order chi connectivity index (χ0) is 11.0. The Bertz CT molecular complexity index is 435. The van der Waals surface area contributed by atoms with E-state index in [-0.39, 0.29) is 0 Å². The molecule has 3 rings (SSSR count). The number of aliphatic imine (C=N–C) groups is 1. The van der Waals surface area contributed by atoms with Crippen molar-refractivity contribution in [2.45, 2.75) is 24.9 Å². The lowest BCUT2D eigenvalue weighted by Crippen LogP contribution is -2.14. The molecule has 0 aromatic heterocycles. The normalized spacial score (nSPS) is 21.4. The highest BCUT2D eigenvalue weighted by Crippen LogP contribution is 2.38. The predicted octanol–water partition coefficient (Wildman–Crippen LogP) is 1.53. The number of ether oxygens (including phenoxy) is 1. The molecule has 3 nitrogen and oxygen atoms in total. The number of nitrogens with zero attached hydrogens (tertiary/aromatic N) is 1. The molecular formula is C13H15NO2.